The van der Waals surface area contributed by atoms with Gasteiger partial charge in [0.15, 0.2) is 11.5 Å². The molecule has 0 saturated carbocycles. The summed E-state index contributed by atoms with van der Waals surface area (Å²) in [5.74, 6) is 0.655. The average molecular weight is 314 g/mol. The topological polar surface area (TPSA) is 89.1 Å². The highest BCUT2D eigenvalue weighted by Gasteiger charge is 2.18. The summed E-state index contributed by atoms with van der Waals surface area (Å²) >= 11 is 0. The first kappa shape index (κ1) is 14.8. The van der Waals surface area contributed by atoms with Gasteiger partial charge in [-0.25, -0.2) is 4.79 Å². The number of hydrogen-bond acceptors (Lipinski definition) is 6. The van der Waals surface area contributed by atoms with Crippen molar-refractivity contribution in [3.05, 3.63) is 46.8 Å². The first-order chi connectivity index (χ1) is 11.0. The van der Waals surface area contributed by atoms with Gasteiger partial charge >= 0.3 is 5.63 Å². The molecule has 0 aliphatic rings. The van der Waals surface area contributed by atoms with Crippen molar-refractivity contribution in [1.29, 1.82) is 0 Å². The molecule has 0 spiro atoms. The Bertz CT molecular complexity index is 942. The van der Waals surface area contributed by atoms with Gasteiger partial charge in [-0.3, -0.25) is 0 Å². The maximum Gasteiger partial charge on any atom is 0.347 e. The van der Waals surface area contributed by atoms with Crippen LogP contribution in [0.2, 0.25) is 0 Å². The minimum Gasteiger partial charge on any atom is -0.508 e. The van der Waals surface area contributed by atoms with Gasteiger partial charge in [-0.15, -0.1) is 0 Å². The Morgan fingerprint density at radius 3 is 2.39 bits per heavy atom. The van der Waals surface area contributed by atoms with E-state index in [2.05, 4.69) is 0 Å². The lowest BCUT2D eigenvalue weighted by atomic mass is 10.0. The van der Waals surface area contributed by atoms with Gasteiger partial charge in [0, 0.05) is 6.07 Å². The number of benzene rings is 2. The molecule has 0 bridgehead atoms. The number of fused-ring (bicyclic) bond motifs is 1. The molecular weight excluding hydrogens is 300 g/mol. The van der Waals surface area contributed by atoms with E-state index in [0.717, 1.165) is 0 Å². The molecule has 2 N–H and O–H groups in total. The third-order valence-electron chi connectivity index (χ3n) is 3.54. The van der Waals surface area contributed by atoms with Crippen molar-refractivity contribution in [1.82, 2.24) is 0 Å². The van der Waals surface area contributed by atoms with E-state index in [9.17, 15) is 15.0 Å². The zero-order valence-corrected chi connectivity index (χ0v) is 12.5. The molecule has 6 nitrogen and oxygen atoms in total. The van der Waals surface area contributed by atoms with E-state index in [-0.39, 0.29) is 22.6 Å². The molecule has 0 aliphatic carbocycles. The van der Waals surface area contributed by atoms with Gasteiger partial charge in [0.1, 0.15) is 22.6 Å². The van der Waals surface area contributed by atoms with Crippen molar-refractivity contribution in [2.75, 3.05) is 14.2 Å². The van der Waals surface area contributed by atoms with Gasteiger partial charge in [-0.05, 0) is 29.8 Å². The van der Waals surface area contributed by atoms with Gasteiger partial charge in [-0.1, -0.05) is 6.07 Å². The van der Waals surface area contributed by atoms with Crippen molar-refractivity contribution in [2.45, 2.75) is 0 Å². The van der Waals surface area contributed by atoms with Crippen LogP contribution in [-0.4, -0.2) is 24.4 Å². The predicted molar refractivity (Wildman–Crippen MR) is 84.4 cm³/mol. The van der Waals surface area contributed by atoms with Crippen LogP contribution in [0, 0.1) is 0 Å². The Kier molecular flexibility index (Phi) is 3.57. The largest absolute Gasteiger partial charge is 0.508 e. The van der Waals surface area contributed by atoms with E-state index in [0.29, 0.717) is 22.4 Å². The summed E-state index contributed by atoms with van der Waals surface area (Å²) in [6.45, 7) is 0. The second kappa shape index (κ2) is 5.57. The van der Waals surface area contributed by atoms with Crippen LogP contribution in [-0.2, 0) is 0 Å². The summed E-state index contributed by atoms with van der Waals surface area (Å²) in [5, 5.41) is 20.2. The summed E-state index contributed by atoms with van der Waals surface area (Å²) in [6, 6.07) is 8.99. The van der Waals surface area contributed by atoms with Crippen LogP contribution in [0.4, 0.5) is 0 Å². The molecule has 0 radical (unpaired) electrons. The highest BCUT2D eigenvalue weighted by Crippen LogP contribution is 2.37. The molecular formula is C17H14O6. The monoisotopic (exact) mass is 314 g/mol. The molecule has 0 amide bonds. The lowest BCUT2D eigenvalue weighted by Gasteiger charge is -2.11. The zero-order chi connectivity index (χ0) is 16.6. The van der Waals surface area contributed by atoms with Crippen LogP contribution in [0.3, 0.4) is 0 Å². The van der Waals surface area contributed by atoms with Crippen molar-refractivity contribution in [3.8, 4) is 34.1 Å². The molecule has 0 unspecified atom stereocenters. The van der Waals surface area contributed by atoms with Crippen molar-refractivity contribution < 1.29 is 24.1 Å². The van der Waals surface area contributed by atoms with E-state index < -0.39 is 5.63 Å². The van der Waals surface area contributed by atoms with Crippen LogP contribution >= 0.6 is 0 Å². The molecule has 0 saturated heterocycles. The smallest absolute Gasteiger partial charge is 0.347 e. The minimum atomic E-state index is -0.715. The molecule has 2 aromatic carbocycles. The number of aromatic hydroxyl groups is 2. The highest BCUT2D eigenvalue weighted by atomic mass is 16.5. The van der Waals surface area contributed by atoms with E-state index in [1.807, 2.05) is 0 Å². The Hall–Kier alpha value is -3.15. The summed E-state index contributed by atoms with van der Waals surface area (Å²) < 4.78 is 15.6. The molecule has 6 heteroatoms. The Morgan fingerprint density at radius 1 is 0.957 bits per heavy atom. The SMILES string of the molecule is COc1ccc(-c2c(O)c3ccc(O)cc3oc2=O)cc1OC. The first-order valence-corrected chi connectivity index (χ1v) is 6.76. The molecule has 0 fully saturated rings. The van der Waals surface area contributed by atoms with Crippen LogP contribution in [0.15, 0.2) is 45.6 Å². The predicted octanol–water partition coefficient (Wildman–Crippen LogP) is 2.89. The Labute approximate surface area is 131 Å². The quantitative estimate of drug-likeness (QED) is 0.723. The van der Waals surface area contributed by atoms with Crippen LogP contribution < -0.4 is 15.1 Å². The number of phenolic OH excluding ortho intramolecular Hbond substituents is 1. The van der Waals surface area contributed by atoms with Crippen molar-refractivity contribution in [2.24, 2.45) is 0 Å². The van der Waals surface area contributed by atoms with E-state index in [4.69, 9.17) is 13.9 Å². The molecule has 23 heavy (non-hydrogen) atoms. The van der Waals surface area contributed by atoms with Crippen LogP contribution in [0.25, 0.3) is 22.1 Å². The fourth-order valence-electron chi connectivity index (χ4n) is 2.42. The standard InChI is InChI=1S/C17H14O6/c1-21-12-6-3-9(7-14(12)22-2)15-16(19)11-5-4-10(18)8-13(11)23-17(15)20/h3-8,18-19H,1-2H3. The van der Waals surface area contributed by atoms with Gasteiger partial charge in [0.25, 0.3) is 0 Å². The molecule has 0 aliphatic heterocycles. The average Bonchev–Trinajstić information content (AvgIpc) is 2.54. The fraction of sp³-hybridized carbons (Fsp3) is 0.118. The molecule has 3 rings (SSSR count). The van der Waals surface area contributed by atoms with E-state index in [1.165, 1.54) is 32.4 Å². The van der Waals surface area contributed by atoms with Crippen molar-refractivity contribution >= 4 is 11.0 Å². The molecule has 0 atom stereocenters. The summed E-state index contributed by atoms with van der Waals surface area (Å²) in [5.41, 5.74) is -0.155. The second-order valence-electron chi connectivity index (χ2n) is 4.86. The second-order valence-corrected chi connectivity index (χ2v) is 4.86. The van der Waals surface area contributed by atoms with Gasteiger partial charge in [-0.2, -0.15) is 0 Å². The molecule has 1 aromatic heterocycles. The number of rotatable bonds is 3. The number of ether oxygens (including phenoxy) is 2. The van der Waals surface area contributed by atoms with Gasteiger partial charge < -0.3 is 24.1 Å². The zero-order valence-electron chi connectivity index (χ0n) is 12.5. The summed E-state index contributed by atoms with van der Waals surface area (Å²) in [4.78, 5) is 12.2. The van der Waals surface area contributed by atoms with Crippen molar-refractivity contribution in [3.63, 3.8) is 0 Å². The molecule has 1 heterocycles. The highest BCUT2D eigenvalue weighted by molar-refractivity contribution is 5.91. The molecule has 3 aromatic rings. The summed E-state index contributed by atoms with van der Waals surface area (Å²) in [6.07, 6.45) is 0. The first-order valence-electron chi connectivity index (χ1n) is 6.76. The molecule has 118 valence electrons. The number of phenols is 1. The summed E-state index contributed by atoms with van der Waals surface area (Å²) in [7, 11) is 2.99. The third-order valence-corrected chi connectivity index (χ3v) is 3.54. The van der Waals surface area contributed by atoms with Gasteiger partial charge in [0.2, 0.25) is 0 Å². The third kappa shape index (κ3) is 2.44. The minimum absolute atomic E-state index is 0.0177. The maximum atomic E-state index is 12.2. The Balaban J connectivity index is 2.28. The normalized spacial score (nSPS) is 10.7. The Morgan fingerprint density at radius 2 is 1.70 bits per heavy atom. The van der Waals surface area contributed by atoms with Crippen LogP contribution in [0.1, 0.15) is 0 Å². The number of hydrogen-bond donors (Lipinski definition) is 2. The van der Waals surface area contributed by atoms with E-state index >= 15 is 0 Å². The number of methoxy groups -OCH3 is 2. The van der Waals surface area contributed by atoms with Gasteiger partial charge in [0.05, 0.1) is 19.6 Å². The van der Waals surface area contributed by atoms with E-state index in [1.54, 1.807) is 18.2 Å². The fourth-order valence-corrected chi connectivity index (χ4v) is 2.42. The lowest BCUT2D eigenvalue weighted by Crippen LogP contribution is -2.04. The lowest BCUT2D eigenvalue weighted by molar-refractivity contribution is 0.355. The van der Waals surface area contributed by atoms with Crippen LogP contribution in [0.5, 0.6) is 23.0 Å². The maximum absolute atomic E-state index is 12.2.